The monoisotopic (exact) mass is 332 g/mol. The highest BCUT2D eigenvalue weighted by Crippen LogP contribution is 2.38. The molecule has 23 heavy (non-hydrogen) atoms. The van der Waals surface area contributed by atoms with E-state index in [1.165, 1.54) is 0 Å². The maximum Gasteiger partial charge on any atom is 0.238 e. The maximum absolute atomic E-state index is 11.5. The molecule has 6 nitrogen and oxygen atoms in total. The molecule has 2 aliphatic rings. The van der Waals surface area contributed by atoms with Gasteiger partial charge in [0.2, 0.25) is 16.8 Å². The lowest BCUT2D eigenvalue weighted by atomic mass is 10.1. The Morgan fingerprint density at radius 2 is 2.04 bits per heavy atom. The third-order valence-electron chi connectivity index (χ3n) is 4.21. The van der Waals surface area contributed by atoms with Crippen LogP contribution >= 0.6 is 0 Å². The average molecular weight is 332 g/mol. The molecule has 2 aliphatic heterocycles. The predicted octanol–water partition coefficient (Wildman–Crippen LogP) is 1.63. The summed E-state index contributed by atoms with van der Waals surface area (Å²) in [6.45, 7) is 1.77. The van der Waals surface area contributed by atoms with Gasteiger partial charge in [0.25, 0.3) is 0 Å². The number of anilines is 1. The molecular formula is C16H16N2O4S. The minimum atomic E-state index is -3.66. The highest BCUT2D eigenvalue weighted by molar-refractivity contribution is 7.89. The van der Waals surface area contributed by atoms with Gasteiger partial charge in [0.15, 0.2) is 11.5 Å². The molecule has 2 aromatic rings. The van der Waals surface area contributed by atoms with Gasteiger partial charge in [-0.05, 0) is 36.2 Å². The molecule has 0 atom stereocenters. The molecule has 0 aromatic heterocycles. The molecule has 2 N–H and O–H groups in total. The van der Waals surface area contributed by atoms with E-state index in [1.807, 2.05) is 24.3 Å². The number of ether oxygens (including phenoxy) is 2. The van der Waals surface area contributed by atoms with Crippen molar-refractivity contribution in [3.05, 3.63) is 47.5 Å². The topological polar surface area (TPSA) is 81.9 Å². The van der Waals surface area contributed by atoms with Crippen molar-refractivity contribution in [2.45, 2.75) is 17.9 Å². The molecule has 120 valence electrons. The molecule has 0 saturated carbocycles. The van der Waals surface area contributed by atoms with Crippen molar-refractivity contribution in [2.75, 3.05) is 18.2 Å². The summed E-state index contributed by atoms with van der Waals surface area (Å²) in [6.07, 6.45) is 0.797. The summed E-state index contributed by atoms with van der Waals surface area (Å²) in [6, 6.07) is 10.9. The molecule has 4 rings (SSSR count). The first-order chi connectivity index (χ1) is 11.0. The lowest BCUT2D eigenvalue weighted by Gasteiger charge is -2.20. The van der Waals surface area contributed by atoms with Crippen molar-refractivity contribution in [3.63, 3.8) is 0 Å². The van der Waals surface area contributed by atoms with Crippen LogP contribution in [0.1, 0.15) is 11.1 Å². The Bertz CT molecular complexity index is 880. The maximum atomic E-state index is 11.5. The van der Waals surface area contributed by atoms with Crippen molar-refractivity contribution in [1.29, 1.82) is 0 Å². The van der Waals surface area contributed by atoms with E-state index >= 15 is 0 Å². The lowest BCUT2D eigenvalue weighted by molar-refractivity contribution is 0.173. The zero-order chi connectivity index (χ0) is 16.0. The molecule has 0 aliphatic carbocycles. The fourth-order valence-corrected chi connectivity index (χ4v) is 3.67. The van der Waals surface area contributed by atoms with E-state index in [2.05, 4.69) is 4.90 Å². The highest BCUT2D eigenvalue weighted by atomic mass is 32.2. The Morgan fingerprint density at radius 1 is 1.17 bits per heavy atom. The summed E-state index contributed by atoms with van der Waals surface area (Å²) < 4.78 is 33.9. The fraction of sp³-hybridized carbons (Fsp3) is 0.250. The summed E-state index contributed by atoms with van der Waals surface area (Å²) in [7, 11) is -3.66. The smallest absolute Gasteiger partial charge is 0.238 e. The molecule has 0 bridgehead atoms. The zero-order valence-electron chi connectivity index (χ0n) is 12.4. The molecule has 0 spiro atoms. The molecule has 0 unspecified atom stereocenters. The number of rotatable bonds is 3. The van der Waals surface area contributed by atoms with Crippen molar-refractivity contribution in [1.82, 2.24) is 0 Å². The van der Waals surface area contributed by atoms with E-state index in [9.17, 15) is 8.42 Å². The van der Waals surface area contributed by atoms with Crippen LogP contribution in [0.2, 0.25) is 0 Å². The number of para-hydroxylation sites is 1. The second kappa shape index (κ2) is 5.14. The van der Waals surface area contributed by atoms with Crippen molar-refractivity contribution in [3.8, 4) is 11.5 Å². The second-order valence-corrected chi connectivity index (χ2v) is 7.22. The van der Waals surface area contributed by atoms with E-state index in [0.717, 1.165) is 41.3 Å². The lowest BCUT2D eigenvalue weighted by Crippen LogP contribution is -2.20. The summed E-state index contributed by atoms with van der Waals surface area (Å²) in [5.74, 6) is 1.56. The molecule has 0 amide bonds. The van der Waals surface area contributed by atoms with Gasteiger partial charge in [-0.15, -0.1) is 0 Å². The average Bonchev–Trinajstić information content (AvgIpc) is 3.13. The summed E-state index contributed by atoms with van der Waals surface area (Å²) >= 11 is 0. The molecule has 2 heterocycles. The zero-order valence-corrected chi connectivity index (χ0v) is 13.2. The number of benzene rings is 2. The first kappa shape index (κ1) is 14.3. The number of nitrogens with zero attached hydrogens (tertiary/aromatic N) is 1. The molecule has 0 radical (unpaired) electrons. The van der Waals surface area contributed by atoms with Gasteiger partial charge in [-0.1, -0.05) is 12.1 Å². The van der Waals surface area contributed by atoms with Gasteiger partial charge in [0.05, 0.1) is 4.90 Å². The number of primary sulfonamides is 1. The Balaban J connectivity index is 1.64. The largest absolute Gasteiger partial charge is 0.454 e. The summed E-state index contributed by atoms with van der Waals surface area (Å²) in [5, 5.41) is 5.20. The fourth-order valence-electron chi connectivity index (χ4n) is 3.11. The van der Waals surface area contributed by atoms with Crippen molar-refractivity contribution >= 4 is 15.7 Å². The van der Waals surface area contributed by atoms with Crippen LogP contribution in [0.4, 0.5) is 5.69 Å². The van der Waals surface area contributed by atoms with Crippen LogP contribution in [0, 0.1) is 0 Å². The van der Waals surface area contributed by atoms with E-state index < -0.39 is 10.0 Å². The number of hydrogen-bond donors (Lipinski definition) is 1. The standard InChI is InChI=1S/C16H16N2O4S/c17-23(19,20)13-4-5-14-11(8-13)6-7-18(14)9-12-2-1-3-15-16(12)22-10-21-15/h1-5,8H,6-7,9-10H2,(H2,17,19,20). The highest BCUT2D eigenvalue weighted by Gasteiger charge is 2.24. The summed E-state index contributed by atoms with van der Waals surface area (Å²) in [5.41, 5.74) is 3.10. The van der Waals surface area contributed by atoms with Crippen LogP contribution < -0.4 is 19.5 Å². The van der Waals surface area contributed by atoms with Crippen LogP contribution in [0.3, 0.4) is 0 Å². The second-order valence-electron chi connectivity index (χ2n) is 5.66. The van der Waals surface area contributed by atoms with Gasteiger partial charge in [-0.25, -0.2) is 13.6 Å². The van der Waals surface area contributed by atoms with Crippen LogP contribution in [0.5, 0.6) is 11.5 Å². The molecule has 2 aromatic carbocycles. The number of nitrogens with two attached hydrogens (primary N) is 1. The first-order valence-electron chi connectivity index (χ1n) is 7.30. The first-order valence-corrected chi connectivity index (χ1v) is 8.85. The van der Waals surface area contributed by atoms with Gasteiger partial charge >= 0.3 is 0 Å². The van der Waals surface area contributed by atoms with E-state index in [0.29, 0.717) is 6.54 Å². The Morgan fingerprint density at radius 3 is 2.87 bits per heavy atom. The minimum absolute atomic E-state index is 0.162. The van der Waals surface area contributed by atoms with Gasteiger partial charge < -0.3 is 14.4 Å². The van der Waals surface area contributed by atoms with Gasteiger partial charge in [-0.3, -0.25) is 0 Å². The van der Waals surface area contributed by atoms with Gasteiger partial charge in [-0.2, -0.15) is 0 Å². The summed E-state index contributed by atoms with van der Waals surface area (Å²) in [4.78, 5) is 2.37. The van der Waals surface area contributed by atoms with E-state index in [1.54, 1.807) is 12.1 Å². The molecular weight excluding hydrogens is 316 g/mol. The van der Waals surface area contributed by atoms with Gasteiger partial charge in [0, 0.05) is 24.3 Å². The minimum Gasteiger partial charge on any atom is -0.454 e. The SMILES string of the molecule is NS(=O)(=O)c1ccc2c(c1)CCN2Cc1cccc2c1OCO2. The predicted molar refractivity (Wildman–Crippen MR) is 85.1 cm³/mol. The Hall–Kier alpha value is -2.25. The van der Waals surface area contributed by atoms with Crippen molar-refractivity contribution in [2.24, 2.45) is 5.14 Å². The van der Waals surface area contributed by atoms with Crippen LogP contribution in [-0.2, 0) is 23.0 Å². The third kappa shape index (κ3) is 2.51. The Kier molecular flexibility index (Phi) is 3.21. The molecule has 0 saturated heterocycles. The Labute approximate surface area is 134 Å². The molecule has 0 fully saturated rings. The van der Waals surface area contributed by atoms with Gasteiger partial charge in [0.1, 0.15) is 0 Å². The van der Waals surface area contributed by atoms with E-state index in [-0.39, 0.29) is 11.7 Å². The third-order valence-corrected chi connectivity index (χ3v) is 5.12. The van der Waals surface area contributed by atoms with E-state index in [4.69, 9.17) is 14.6 Å². The number of sulfonamides is 1. The van der Waals surface area contributed by atoms with Crippen LogP contribution in [0.25, 0.3) is 0 Å². The quantitative estimate of drug-likeness (QED) is 0.924. The number of hydrogen-bond acceptors (Lipinski definition) is 5. The number of fused-ring (bicyclic) bond motifs is 2. The van der Waals surface area contributed by atoms with Crippen LogP contribution in [-0.4, -0.2) is 21.8 Å². The normalized spacial score (nSPS) is 15.8. The van der Waals surface area contributed by atoms with Crippen molar-refractivity contribution < 1.29 is 17.9 Å². The molecule has 7 heteroatoms. The van der Waals surface area contributed by atoms with Crippen LogP contribution in [0.15, 0.2) is 41.3 Å².